The minimum atomic E-state index is -3.62. The van der Waals surface area contributed by atoms with Gasteiger partial charge in [0.25, 0.3) is 0 Å². The number of nitrogens with zero attached hydrogens (tertiary/aromatic N) is 3. The molecular formula is C17H21N3O4S. The lowest BCUT2D eigenvalue weighted by molar-refractivity contribution is 0.0901. The van der Waals surface area contributed by atoms with Crippen LogP contribution in [0, 0.1) is 13.8 Å². The van der Waals surface area contributed by atoms with Crippen LogP contribution in [0.5, 0.6) is 0 Å². The average molecular weight is 363 g/mol. The molecule has 0 spiro atoms. The average Bonchev–Trinajstić information content (AvgIpc) is 2.95. The van der Waals surface area contributed by atoms with Gasteiger partial charge in [-0.25, -0.2) is 8.42 Å². The molecule has 8 heteroatoms. The fraction of sp³-hybridized carbons (Fsp3) is 0.412. The number of piperazine rings is 1. The number of ketones is 1. The predicted molar refractivity (Wildman–Crippen MR) is 91.9 cm³/mol. The molecule has 0 atom stereocenters. The molecule has 1 aliphatic rings. The number of rotatable bonds is 5. The van der Waals surface area contributed by atoms with E-state index in [1.165, 1.54) is 4.31 Å². The molecule has 0 amide bonds. The van der Waals surface area contributed by atoms with E-state index in [9.17, 15) is 13.2 Å². The molecule has 0 radical (unpaired) electrons. The molecule has 7 nitrogen and oxygen atoms in total. The van der Waals surface area contributed by atoms with Crippen molar-refractivity contribution in [2.45, 2.75) is 18.7 Å². The predicted octanol–water partition coefficient (Wildman–Crippen LogP) is 1.48. The van der Waals surface area contributed by atoms with Crippen molar-refractivity contribution >= 4 is 15.8 Å². The van der Waals surface area contributed by atoms with E-state index in [0.29, 0.717) is 49.7 Å². The second-order valence-corrected chi connectivity index (χ2v) is 8.00. The molecule has 2 heterocycles. The number of carbonyl (C=O) groups excluding carboxylic acids is 1. The maximum atomic E-state index is 12.8. The van der Waals surface area contributed by atoms with Gasteiger partial charge in [0.2, 0.25) is 10.0 Å². The van der Waals surface area contributed by atoms with Crippen LogP contribution in [0.1, 0.15) is 21.8 Å². The molecule has 0 saturated carbocycles. The van der Waals surface area contributed by atoms with Crippen molar-refractivity contribution in [2.24, 2.45) is 0 Å². The van der Waals surface area contributed by atoms with Crippen LogP contribution in [0.4, 0.5) is 0 Å². The number of carbonyl (C=O) groups is 1. The van der Waals surface area contributed by atoms with E-state index < -0.39 is 10.0 Å². The SMILES string of the molecule is Cc1noc(C)c1S(=O)(=O)N1CCN(CC(=O)c2ccccc2)CC1. The summed E-state index contributed by atoms with van der Waals surface area (Å²) < 4.78 is 32.0. The fourth-order valence-electron chi connectivity index (χ4n) is 3.02. The van der Waals surface area contributed by atoms with E-state index >= 15 is 0 Å². The molecule has 0 N–H and O–H groups in total. The van der Waals surface area contributed by atoms with Gasteiger partial charge in [-0.1, -0.05) is 35.5 Å². The summed E-state index contributed by atoms with van der Waals surface area (Å²) in [6, 6.07) is 9.12. The van der Waals surface area contributed by atoms with E-state index in [0.717, 1.165) is 0 Å². The van der Waals surface area contributed by atoms with Gasteiger partial charge >= 0.3 is 0 Å². The van der Waals surface area contributed by atoms with Crippen LogP contribution in [0.3, 0.4) is 0 Å². The van der Waals surface area contributed by atoms with Gasteiger partial charge in [0.15, 0.2) is 11.5 Å². The van der Waals surface area contributed by atoms with Crippen molar-refractivity contribution in [3.8, 4) is 0 Å². The van der Waals surface area contributed by atoms with Crippen LogP contribution in [0.15, 0.2) is 39.8 Å². The minimum Gasteiger partial charge on any atom is -0.360 e. The summed E-state index contributed by atoms with van der Waals surface area (Å²) in [6.07, 6.45) is 0. The van der Waals surface area contributed by atoms with Gasteiger partial charge in [-0.2, -0.15) is 4.31 Å². The molecule has 0 unspecified atom stereocenters. The van der Waals surface area contributed by atoms with Gasteiger partial charge in [-0.05, 0) is 13.8 Å². The Morgan fingerprint density at radius 2 is 1.76 bits per heavy atom. The van der Waals surface area contributed by atoms with Crippen molar-refractivity contribution in [1.29, 1.82) is 0 Å². The van der Waals surface area contributed by atoms with Crippen molar-refractivity contribution in [3.63, 3.8) is 0 Å². The molecule has 1 fully saturated rings. The highest BCUT2D eigenvalue weighted by molar-refractivity contribution is 7.89. The van der Waals surface area contributed by atoms with E-state index in [1.54, 1.807) is 26.0 Å². The molecule has 1 aromatic heterocycles. The van der Waals surface area contributed by atoms with Crippen molar-refractivity contribution in [1.82, 2.24) is 14.4 Å². The summed E-state index contributed by atoms with van der Waals surface area (Å²) >= 11 is 0. The molecule has 134 valence electrons. The molecule has 0 bridgehead atoms. The highest BCUT2D eigenvalue weighted by atomic mass is 32.2. The van der Waals surface area contributed by atoms with E-state index in [2.05, 4.69) is 5.16 Å². The summed E-state index contributed by atoms with van der Waals surface area (Å²) in [5.41, 5.74) is 1.05. The van der Waals surface area contributed by atoms with Gasteiger partial charge in [0, 0.05) is 31.7 Å². The van der Waals surface area contributed by atoms with Crippen LogP contribution >= 0.6 is 0 Å². The minimum absolute atomic E-state index is 0.0441. The van der Waals surface area contributed by atoms with E-state index in [1.807, 2.05) is 23.1 Å². The lowest BCUT2D eigenvalue weighted by Crippen LogP contribution is -2.49. The first-order valence-corrected chi connectivity index (χ1v) is 9.57. The number of aromatic nitrogens is 1. The summed E-state index contributed by atoms with van der Waals surface area (Å²) in [5.74, 6) is 0.349. The fourth-order valence-corrected chi connectivity index (χ4v) is 4.73. The number of benzene rings is 1. The zero-order valence-electron chi connectivity index (χ0n) is 14.3. The molecule has 1 aromatic carbocycles. The first kappa shape index (κ1) is 17.8. The van der Waals surface area contributed by atoms with E-state index in [-0.39, 0.29) is 10.7 Å². The Morgan fingerprint density at radius 3 is 2.32 bits per heavy atom. The van der Waals surface area contributed by atoms with Gasteiger partial charge in [-0.3, -0.25) is 9.69 Å². The van der Waals surface area contributed by atoms with Crippen LogP contribution in [-0.2, 0) is 10.0 Å². The number of sulfonamides is 1. The third-order valence-corrected chi connectivity index (χ3v) is 6.50. The van der Waals surface area contributed by atoms with Crippen LogP contribution < -0.4 is 0 Å². The zero-order valence-corrected chi connectivity index (χ0v) is 15.1. The van der Waals surface area contributed by atoms with Crippen LogP contribution in [-0.4, -0.2) is 61.3 Å². The smallest absolute Gasteiger partial charge is 0.248 e. The topological polar surface area (TPSA) is 83.7 Å². The summed E-state index contributed by atoms with van der Waals surface area (Å²) in [4.78, 5) is 14.4. The normalized spacial score (nSPS) is 16.9. The molecule has 0 aliphatic carbocycles. The van der Waals surface area contributed by atoms with Gasteiger partial charge in [-0.15, -0.1) is 0 Å². The summed E-state index contributed by atoms with van der Waals surface area (Å²) in [7, 11) is -3.62. The Labute approximate surface area is 147 Å². The first-order chi connectivity index (χ1) is 11.9. The van der Waals surface area contributed by atoms with Crippen molar-refractivity contribution < 1.29 is 17.7 Å². The monoisotopic (exact) mass is 363 g/mol. The Bertz CT molecular complexity index is 834. The van der Waals surface area contributed by atoms with Gasteiger partial charge in [0.1, 0.15) is 10.6 Å². The number of Topliss-reactive ketones (excluding diaryl/α,β-unsaturated/α-hetero) is 1. The Kier molecular flexibility index (Phi) is 5.03. The first-order valence-electron chi connectivity index (χ1n) is 8.13. The maximum Gasteiger partial charge on any atom is 0.248 e. The second-order valence-electron chi connectivity index (χ2n) is 6.12. The third kappa shape index (κ3) is 3.65. The quantitative estimate of drug-likeness (QED) is 0.748. The van der Waals surface area contributed by atoms with E-state index in [4.69, 9.17) is 4.52 Å². The summed E-state index contributed by atoms with van der Waals surface area (Å²) in [5, 5.41) is 3.73. The molecule has 1 aliphatic heterocycles. The Balaban J connectivity index is 1.63. The molecular weight excluding hydrogens is 342 g/mol. The van der Waals surface area contributed by atoms with Crippen LogP contribution in [0.2, 0.25) is 0 Å². The van der Waals surface area contributed by atoms with Crippen LogP contribution in [0.25, 0.3) is 0 Å². The zero-order chi connectivity index (χ0) is 18.0. The third-order valence-electron chi connectivity index (χ3n) is 4.36. The van der Waals surface area contributed by atoms with Gasteiger partial charge in [0.05, 0.1) is 6.54 Å². The second kappa shape index (κ2) is 7.07. The summed E-state index contributed by atoms with van der Waals surface area (Å²) in [6.45, 7) is 5.23. The van der Waals surface area contributed by atoms with Gasteiger partial charge < -0.3 is 4.52 Å². The highest BCUT2D eigenvalue weighted by Gasteiger charge is 2.33. The lowest BCUT2D eigenvalue weighted by atomic mass is 10.1. The maximum absolute atomic E-state index is 12.8. The number of hydrogen-bond acceptors (Lipinski definition) is 6. The molecule has 2 aromatic rings. The highest BCUT2D eigenvalue weighted by Crippen LogP contribution is 2.24. The molecule has 3 rings (SSSR count). The molecule has 1 saturated heterocycles. The standard InChI is InChI=1S/C17H21N3O4S/c1-13-17(14(2)24-18-13)25(22,23)20-10-8-19(9-11-20)12-16(21)15-6-4-3-5-7-15/h3-7H,8-12H2,1-2H3. The van der Waals surface area contributed by atoms with Crippen molar-refractivity contribution in [2.75, 3.05) is 32.7 Å². The lowest BCUT2D eigenvalue weighted by Gasteiger charge is -2.33. The number of aryl methyl sites for hydroxylation is 2. The largest absolute Gasteiger partial charge is 0.360 e. The Morgan fingerprint density at radius 1 is 1.12 bits per heavy atom. The Hall–Kier alpha value is -2.03. The molecule has 25 heavy (non-hydrogen) atoms. The van der Waals surface area contributed by atoms with Crippen molar-refractivity contribution in [3.05, 3.63) is 47.3 Å². The number of hydrogen-bond donors (Lipinski definition) is 0.